The summed E-state index contributed by atoms with van der Waals surface area (Å²) in [5, 5.41) is 4.17. The van der Waals surface area contributed by atoms with Crippen molar-refractivity contribution in [3.63, 3.8) is 0 Å². The average molecular weight is 212 g/mol. The predicted octanol–water partition coefficient (Wildman–Crippen LogP) is 0.765. The summed E-state index contributed by atoms with van der Waals surface area (Å²) in [5.41, 5.74) is 5.96. The van der Waals surface area contributed by atoms with Crippen molar-refractivity contribution in [2.75, 3.05) is 13.7 Å². The lowest BCUT2D eigenvalue weighted by Crippen LogP contribution is -2.26. The average Bonchev–Trinajstić information content (AvgIpc) is 2.62. The molecule has 0 aliphatic rings. The van der Waals surface area contributed by atoms with Crippen molar-refractivity contribution in [3.8, 4) is 0 Å². The number of aromatic nitrogens is 3. The van der Waals surface area contributed by atoms with Gasteiger partial charge in [-0.2, -0.15) is 5.10 Å². The molecule has 0 amide bonds. The smallest absolute Gasteiger partial charge is 0.138 e. The molecule has 1 aromatic heterocycles. The number of nitrogens with zero attached hydrogens (tertiary/aromatic N) is 3. The minimum absolute atomic E-state index is 0.0895. The second-order valence-electron chi connectivity index (χ2n) is 3.96. The quantitative estimate of drug-likeness (QED) is 0.756. The molecule has 15 heavy (non-hydrogen) atoms. The second kappa shape index (κ2) is 5.82. The number of hydrogen-bond donors (Lipinski definition) is 1. The van der Waals surface area contributed by atoms with Crippen molar-refractivity contribution < 1.29 is 4.74 Å². The Kier molecular flexibility index (Phi) is 4.71. The number of hydrogen-bond acceptors (Lipinski definition) is 4. The first-order valence-electron chi connectivity index (χ1n) is 5.28. The van der Waals surface area contributed by atoms with Gasteiger partial charge in [-0.1, -0.05) is 0 Å². The Morgan fingerprint density at radius 2 is 2.27 bits per heavy atom. The molecule has 0 saturated carbocycles. The van der Waals surface area contributed by atoms with Gasteiger partial charge in [-0.25, -0.2) is 9.67 Å². The second-order valence-corrected chi connectivity index (χ2v) is 3.96. The first kappa shape index (κ1) is 12.1. The summed E-state index contributed by atoms with van der Waals surface area (Å²) in [6.07, 6.45) is 3.18. The van der Waals surface area contributed by atoms with E-state index in [-0.39, 0.29) is 6.04 Å². The van der Waals surface area contributed by atoms with Gasteiger partial charge in [0.2, 0.25) is 0 Å². The van der Waals surface area contributed by atoms with Crippen molar-refractivity contribution >= 4 is 0 Å². The summed E-state index contributed by atoms with van der Waals surface area (Å²) in [6, 6.07) is 0.420. The molecule has 0 radical (unpaired) electrons. The third-order valence-corrected chi connectivity index (χ3v) is 2.27. The standard InChI is InChI=1S/C10H20N4O/c1-8(2)14-10(12-7-13-14)6-9(11)4-5-15-3/h7-9H,4-6,11H2,1-3H3. The monoisotopic (exact) mass is 212 g/mol. The summed E-state index contributed by atoms with van der Waals surface area (Å²) in [7, 11) is 1.68. The maximum atomic E-state index is 5.96. The minimum atomic E-state index is 0.0895. The van der Waals surface area contributed by atoms with Crippen molar-refractivity contribution in [3.05, 3.63) is 12.2 Å². The van der Waals surface area contributed by atoms with Gasteiger partial charge in [0, 0.05) is 32.2 Å². The molecule has 0 spiro atoms. The molecule has 5 nitrogen and oxygen atoms in total. The number of ether oxygens (including phenoxy) is 1. The molecule has 0 aliphatic carbocycles. The van der Waals surface area contributed by atoms with Gasteiger partial charge in [0.25, 0.3) is 0 Å². The highest BCUT2D eigenvalue weighted by molar-refractivity contribution is 4.90. The number of nitrogens with two attached hydrogens (primary N) is 1. The lowest BCUT2D eigenvalue weighted by Gasteiger charge is -2.13. The van der Waals surface area contributed by atoms with Crippen molar-refractivity contribution in [1.82, 2.24) is 14.8 Å². The Balaban J connectivity index is 2.52. The molecule has 1 unspecified atom stereocenters. The molecule has 1 rings (SSSR count). The van der Waals surface area contributed by atoms with E-state index in [1.807, 2.05) is 4.68 Å². The molecule has 0 bridgehead atoms. The summed E-state index contributed by atoms with van der Waals surface area (Å²) in [4.78, 5) is 4.22. The number of rotatable bonds is 6. The highest BCUT2D eigenvalue weighted by Crippen LogP contribution is 2.07. The van der Waals surface area contributed by atoms with Gasteiger partial charge >= 0.3 is 0 Å². The normalized spacial score (nSPS) is 13.4. The van der Waals surface area contributed by atoms with E-state index in [2.05, 4.69) is 23.9 Å². The van der Waals surface area contributed by atoms with Crippen LogP contribution in [0.3, 0.4) is 0 Å². The molecule has 86 valence electrons. The largest absolute Gasteiger partial charge is 0.385 e. The van der Waals surface area contributed by atoms with Gasteiger partial charge in [0.1, 0.15) is 12.2 Å². The first-order chi connectivity index (χ1) is 7.15. The van der Waals surface area contributed by atoms with E-state index in [1.165, 1.54) is 0 Å². The van der Waals surface area contributed by atoms with E-state index in [9.17, 15) is 0 Å². The summed E-state index contributed by atoms with van der Waals surface area (Å²) in [5.74, 6) is 0.952. The molecular weight excluding hydrogens is 192 g/mol. The fourth-order valence-corrected chi connectivity index (χ4v) is 1.46. The van der Waals surface area contributed by atoms with Crippen LogP contribution in [0.5, 0.6) is 0 Å². The molecule has 0 saturated heterocycles. The van der Waals surface area contributed by atoms with Crippen LogP contribution in [0.1, 0.15) is 32.1 Å². The summed E-state index contributed by atoms with van der Waals surface area (Å²) in [6.45, 7) is 4.86. The molecule has 0 fully saturated rings. The fourth-order valence-electron chi connectivity index (χ4n) is 1.46. The van der Waals surface area contributed by atoms with Crippen LogP contribution in [0.25, 0.3) is 0 Å². The fraction of sp³-hybridized carbons (Fsp3) is 0.800. The number of methoxy groups -OCH3 is 1. The third kappa shape index (κ3) is 3.60. The van der Waals surface area contributed by atoms with Gasteiger partial charge in [-0.05, 0) is 20.3 Å². The molecule has 5 heteroatoms. The Bertz CT molecular complexity index is 285. The molecule has 1 aromatic rings. The molecule has 2 N–H and O–H groups in total. The van der Waals surface area contributed by atoms with E-state index in [0.29, 0.717) is 12.6 Å². The molecule has 1 heterocycles. The highest BCUT2D eigenvalue weighted by Gasteiger charge is 2.11. The Labute approximate surface area is 90.6 Å². The molecular formula is C10H20N4O. The van der Waals surface area contributed by atoms with Crippen molar-refractivity contribution in [2.45, 2.75) is 38.8 Å². The van der Waals surface area contributed by atoms with Gasteiger partial charge in [0.15, 0.2) is 0 Å². The lowest BCUT2D eigenvalue weighted by molar-refractivity contribution is 0.187. The topological polar surface area (TPSA) is 66.0 Å². The van der Waals surface area contributed by atoms with Gasteiger partial charge in [-0.15, -0.1) is 0 Å². The van der Waals surface area contributed by atoms with Crippen molar-refractivity contribution in [2.24, 2.45) is 5.73 Å². The van der Waals surface area contributed by atoms with E-state index >= 15 is 0 Å². The van der Waals surface area contributed by atoms with E-state index in [4.69, 9.17) is 10.5 Å². The highest BCUT2D eigenvalue weighted by atomic mass is 16.5. The maximum Gasteiger partial charge on any atom is 0.138 e. The maximum absolute atomic E-state index is 5.96. The molecule has 1 atom stereocenters. The van der Waals surface area contributed by atoms with Crippen LogP contribution in [0, 0.1) is 0 Å². The zero-order valence-electron chi connectivity index (χ0n) is 9.68. The van der Waals surface area contributed by atoms with Crippen LogP contribution < -0.4 is 5.73 Å². The summed E-state index contributed by atoms with van der Waals surface area (Å²) < 4.78 is 6.90. The lowest BCUT2D eigenvalue weighted by atomic mass is 10.1. The Hall–Kier alpha value is -0.940. The van der Waals surface area contributed by atoms with Crippen LogP contribution in [-0.2, 0) is 11.2 Å². The zero-order valence-corrected chi connectivity index (χ0v) is 9.68. The molecule has 0 aliphatic heterocycles. The zero-order chi connectivity index (χ0) is 11.3. The van der Waals surface area contributed by atoms with E-state index in [0.717, 1.165) is 18.7 Å². The Morgan fingerprint density at radius 1 is 1.53 bits per heavy atom. The minimum Gasteiger partial charge on any atom is -0.385 e. The van der Waals surface area contributed by atoms with Crippen LogP contribution in [0.4, 0.5) is 0 Å². The first-order valence-corrected chi connectivity index (χ1v) is 5.28. The van der Waals surface area contributed by atoms with Crippen LogP contribution in [-0.4, -0.2) is 34.5 Å². The van der Waals surface area contributed by atoms with Crippen molar-refractivity contribution in [1.29, 1.82) is 0 Å². The van der Waals surface area contributed by atoms with Crippen LogP contribution in [0.2, 0.25) is 0 Å². The van der Waals surface area contributed by atoms with Crippen LogP contribution in [0.15, 0.2) is 6.33 Å². The van der Waals surface area contributed by atoms with E-state index < -0.39 is 0 Å². The third-order valence-electron chi connectivity index (χ3n) is 2.27. The predicted molar refractivity (Wildman–Crippen MR) is 58.6 cm³/mol. The van der Waals surface area contributed by atoms with Gasteiger partial charge in [-0.3, -0.25) is 0 Å². The van der Waals surface area contributed by atoms with Gasteiger partial charge < -0.3 is 10.5 Å². The molecule has 0 aromatic carbocycles. The Morgan fingerprint density at radius 3 is 2.87 bits per heavy atom. The summed E-state index contributed by atoms with van der Waals surface area (Å²) >= 11 is 0. The van der Waals surface area contributed by atoms with Gasteiger partial charge in [0.05, 0.1) is 0 Å². The van der Waals surface area contributed by atoms with E-state index in [1.54, 1.807) is 13.4 Å². The SMILES string of the molecule is COCCC(N)Cc1ncnn1C(C)C. The van der Waals surface area contributed by atoms with Crippen LogP contribution >= 0.6 is 0 Å².